The van der Waals surface area contributed by atoms with Crippen LogP contribution in [0.2, 0.25) is 0 Å². The summed E-state index contributed by atoms with van der Waals surface area (Å²) >= 11 is 4.85. The second-order valence-electron chi connectivity index (χ2n) is 5.48. The number of amides is 1. The van der Waals surface area contributed by atoms with Crippen LogP contribution in [0.5, 0.6) is 5.75 Å². The van der Waals surface area contributed by atoms with Gasteiger partial charge in [0.25, 0.3) is 5.91 Å². The molecule has 0 fully saturated rings. The second kappa shape index (κ2) is 8.37. The van der Waals surface area contributed by atoms with Crippen molar-refractivity contribution in [2.75, 3.05) is 12.9 Å². The molecule has 0 saturated carbocycles. The number of aromatic nitrogens is 2. The average molecular weight is 434 g/mol. The minimum Gasteiger partial charge on any atom is -0.496 e. The Morgan fingerprint density at radius 1 is 1.38 bits per heavy atom. The molecule has 0 aliphatic heterocycles. The fourth-order valence-electron chi connectivity index (χ4n) is 2.42. The monoisotopic (exact) mass is 433 g/mol. The zero-order valence-corrected chi connectivity index (χ0v) is 16.7. The van der Waals surface area contributed by atoms with Gasteiger partial charge in [-0.25, -0.2) is 15.0 Å². The van der Waals surface area contributed by atoms with Gasteiger partial charge in [0, 0.05) is 0 Å². The van der Waals surface area contributed by atoms with Crippen molar-refractivity contribution in [2.45, 2.75) is 5.16 Å². The molecular formula is C18H18BrN4O2S+. The number of hydrogen-bond donors (Lipinski definition) is 2. The molecule has 134 valence electrons. The quantitative estimate of drug-likeness (QED) is 0.271. The van der Waals surface area contributed by atoms with Crippen molar-refractivity contribution in [3.05, 3.63) is 52.5 Å². The summed E-state index contributed by atoms with van der Waals surface area (Å²) in [7, 11) is 3.58. The number of aryl methyl sites for hydroxylation is 1. The molecule has 3 rings (SSSR count). The number of methoxy groups -OCH3 is 1. The lowest BCUT2D eigenvalue weighted by molar-refractivity contribution is -0.683. The third-order valence-electron chi connectivity index (χ3n) is 3.73. The summed E-state index contributed by atoms with van der Waals surface area (Å²) in [6, 6.07) is 13.6. The average Bonchev–Trinajstić information content (AvgIpc) is 2.96. The minimum absolute atomic E-state index is 0.169. The Bertz CT molecular complexity index is 971. The summed E-state index contributed by atoms with van der Waals surface area (Å²) in [6.45, 7) is 0. The van der Waals surface area contributed by atoms with E-state index in [1.54, 1.807) is 13.3 Å². The normalized spacial score (nSPS) is 11.2. The number of ether oxygens (including phenoxy) is 1. The Labute approximate surface area is 163 Å². The van der Waals surface area contributed by atoms with Gasteiger partial charge in [0.15, 0.2) is 11.0 Å². The fourth-order valence-corrected chi connectivity index (χ4v) is 3.79. The van der Waals surface area contributed by atoms with Gasteiger partial charge in [0.1, 0.15) is 5.75 Å². The van der Waals surface area contributed by atoms with Crippen LogP contribution in [-0.4, -0.2) is 30.0 Å². The fraction of sp³-hybridized carbons (Fsp3) is 0.167. The third-order valence-corrected chi connectivity index (χ3v) is 5.41. The van der Waals surface area contributed by atoms with E-state index in [4.69, 9.17) is 4.74 Å². The van der Waals surface area contributed by atoms with Gasteiger partial charge in [-0.1, -0.05) is 12.1 Å². The molecule has 6 nitrogen and oxygen atoms in total. The molecule has 1 heterocycles. The predicted octanol–water partition coefficient (Wildman–Crippen LogP) is 3.01. The predicted molar refractivity (Wildman–Crippen MR) is 107 cm³/mol. The van der Waals surface area contributed by atoms with Crippen molar-refractivity contribution in [2.24, 2.45) is 12.1 Å². The van der Waals surface area contributed by atoms with E-state index in [0.29, 0.717) is 0 Å². The number of carbonyl (C=O) groups excluding carboxylic acids is 1. The van der Waals surface area contributed by atoms with E-state index < -0.39 is 0 Å². The lowest BCUT2D eigenvalue weighted by atomic mass is 10.2. The first-order valence-electron chi connectivity index (χ1n) is 7.83. The number of thioether (sulfide) groups is 1. The zero-order chi connectivity index (χ0) is 18.5. The van der Waals surface area contributed by atoms with Crippen molar-refractivity contribution < 1.29 is 14.1 Å². The van der Waals surface area contributed by atoms with Crippen LogP contribution in [0.1, 0.15) is 5.56 Å². The van der Waals surface area contributed by atoms with E-state index >= 15 is 0 Å². The van der Waals surface area contributed by atoms with Crippen LogP contribution in [0, 0.1) is 0 Å². The summed E-state index contributed by atoms with van der Waals surface area (Å²) < 4.78 is 8.04. The van der Waals surface area contributed by atoms with Crippen LogP contribution in [0.4, 0.5) is 0 Å². The van der Waals surface area contributed by atoms with Crippen molar-refractivity contribution >= 4 is 50.8 Å². The molecule has 0 spiro atoms. The molecular weight excluding hydrogens is 416 g/mol. The number of nitrogens with one attached hydrogen (secondary N) is 2. The molecule has 0 atom stereocenters. The van der Waals surface area contributed by atoms with Gasteiger partial charge in [0.05, 0.1) is 30.6 Å². The van der Waals surface area contributed by atoms with E-state index in [1.165, 1.54) is 11.8 Å². The molecule has 8 heteroatoms. The van der Waals surface area contributed by atoms with Crippen LogP contribution >= 0.6 is 27.7 Å². The van der Waals surface area contributed by atoms with Gasteiger partial charge in [-0.05, 0) is 63.6 Å². The van der Waals surface area contributed by atoms with Gasteiger partial charge >= 0.3 is 5.16 Å². The maximum absolute atomic E-state index is 12.0. The summed E-state index contributed by atoms with van der Waals surface area (Å²) in [5.41, 5.74) is 5.54. The molecule has 1 aromatic heterocycles. The highest BCUT2D eigenvalue weighted by molar-refractivity contribution is 9.10. The largest absolute Gasteiger partial charge is 0.496 e. The highest BCUT2D eigenvalue weighted by atomic mass is 79.9. The van der Waals surface area contributed by atoms with Crippen LogP contribution in [0.15, 0.2) is 57.2 Å². The molecule has 2 aromatic carbocycles. The van der Waals surface area contributed by atoms with E-state index in [2.05, 4.69) is 31.4 Å². The first-order chi connectivity index (χ1) is 12.6. The molecule has 0 aliphatic carbocycles. The van der Waals surface area contributed by atoms with Crippen LogP contribution < -0.4 is 14.7 Å². The minimum atomic E-state index is -0.169. The van der Waals surface area contributed by atoms with Crippen molar-refractivity contribution in [1.29, 1.82) is 0 Å². The van der Waals surface area contributed by atoms with Crippen molar-refractivity contribution in [1.82, 2.24) is 10.4 Å². The van der Waals surface area contributed by atoms with Gasteiger partial charge in [-0.15, -0.1) is 0 Å². The summed E-state index contributed by atoms with van der Waals surface area (Å²) in [4.78, 5) is 15.3. The highest BCUT2D eigenvalue weighted by Crippen LogP contribution is 2.24. The Morgan fingerprint density at radius 2 is 2.19 bits per heavy atom. The molecule has 0 aliphatic rings. The summed E-state index contributed by atoms with van der Waals surface area (Å²) in [5.74, 6) is 0.843. The molecule has 26 heavy (non-hydrogen) atoms. The number of H-pyrrole nitrogens is 1. The molecule has 0 unspecified atom stereocenters. The van der Waals surface area contributed by atoms with Gasteiger partial charge in [-0.3, -0.25) is 4.79 Å². The molecule has 3 aromatic rings. The van der Waals surface area contributed by atoms with Gasteiger partial charge < -0.3 is 4.74 Å². The SMILES string of the molecule is COc1ccc(C=NNC(=O)CSc2[nH]c3ccccc3[n+]2C)cc1Br. The summed E-state index contributed by atoms with van der Waals surface area (Å²) in [5, 5.41) is 4.92. The topological polar surface area (TPSA) is 70.4 Å². The standard InChI is InChI=1S/C18H17BrN4O2S/c1-23-15-6-4-3-5-14(15)21-18(23)26-11-17(24)22-20-10-12-7-8-16(25-2)13(19)9-12/h3-10H,11H2,1-2H3,(H,22,24)/p+1. The molecule has 0 radical (unpaired) electrons. The molecule has 0 bridgehead atoms. The Kier molecular flexibility index (Phi) is 5.95. The lowest BCUT2D eigenvalue weighted by Gasteiger charge is -2.03. The van der Waals surface area contributed by atoms with Crippen LogP contribution in [0.25, 0.3) is 11.0 Å². The van der Waals surface area contributed by atoms with E-state index in [9.17, 15) is 4.79 Å². The lowest BCUT2D eigenvalue weighted by Crippen LogP contribution is -2.30. The first kappa shape index (κ1) is 18.5. The third kappa shape index (κ3) is 4.25. The number of nitrogens with zero attached hydrogens (tertiary/aromatic N) is 2. The number of aromatic amines is 1. The Morgan fingerprint density at radius 3 is 2.92 bits per heavy atom. The number of fused-ring (bicyclic) bond motifs is 1. The van der Waals surface area contributed by atoms with Crippen molar-refractivity contribution in [3.8, 4) is 5.75 Å². The Hall–Kier alpha value is -2.32. The molecule has 1 amide bonds. The van der Waals surface area contributed by atoms with Crippen molar-refractivity contribution in [3.63, 3.8) is 0 Å². The van der Waals surface area contributed by atoms with E-state index in [-0.39, 0.29) is 11.7 Å². The number of halogens is 1. The number of para-hydroxylation sites is 2. The maximum Gasteiger partial charge on any atom is 0.317 e. The molecule has 0 saturated heterocycles. The number of hydrazone groups is 1. The maximum atomic E-state index is 12.0. The van der Waals surface area contributed by atoms with E-state index in [1.807, 2.05) is 54.1 Å². The van der Waals surface area contributed by atoms with Crippen LogP contribution in [-0.2, 0) is 11.8 Å². The van der Waals surface area contributed by atoms with E-state index in [0.717, 1.165) is 32.0 Å². The van der Waals surface area contributed by atoms with Crippen LogP contribution in [0.3, 0.4) is 0 Å². The summed E-state index contributed by atoms with van der Waals surface area (Å²) in [6.07, 6.45) is 1.59. The number of rotatable bonds is 6. The number of imidazole rings is 1. The van der Waals surface area contributed by atoms with Gasteiger partial charge in [0.2, 0.25) is 0 Å². The number of hydrogen-bond acceptors (Lipinski definition) is 4. The molecule has 2 N–H and O–H groups in total. The number of carbonyl (C=O) groups is 1. The first-order valence-corrected chi connectivity index (χ1v) is 9.61. The van der Waals surface area contributed by atoms with Gasteiger partial charge in [-0.2, -0.15) is 5.10 Å². The zero-order valence-electron chi connectivity index (χ0n) is 14.3. The second-order valence-corrected chi connectivity index (χ2v) is 7.30. The highest BCUT2D eigenvalue weighted by Gasteiger charge is 2.16. The smallest absolute Gasteiger partial charge is 0.317 e. The number of benzene rings is 2. The Balaban J connectivity index is 1.55.